The number of ether oxygens (including phenoxy) is 1. The molecule has 0 spiro atoms. The highest BCUT2D eigenvalue weighted by atomic mass is 16.6. The van der Waals surface area contributed by atoms with Gasteiger partial charge in [0, 0.05) is 6.07 Å². The molecule has 1 aliphatic carbocycles. The predicted molar refractivity (Wildman–Crippen MR) is 83.1 cm³/mol. The van der Waals surface area contributed by atoms with Crippen LogP contribution in [0.25, 0.3) is 0 Å². The number of nitrogens with one attached hydrogen (secondary N) is 1. The van der Waals surface area contributed by atoms with E-state index in [1.54, 1.807) is 0 Å². The molecule has 0 unspecified atom stereocenters. The Kier molecular flexibility index (Phi) is 4.84. The fraction of sp³-hybridized carbons (Fsp3) is 0.500. The minimum absolute atomic E-state index is 0.0952. The lowest BCUT2D eigenvalue weighted by Gasteiger charge is -2.34. The number of nitrogens with zero attached hydrogens (tertiary/aromatic N) is 2. The summed E-state index contributed by atoms with van der Waals surface area (Å²) in [5, 5.41) is 23.4. The highest BCUT2D eigenvalue weighted by Gasteiger charge is 2.37. The molecule has 0 radical (unpaired) electrons. The van der Waals surface area contributed by atoms with Crippen molar-refractivity contribution in [1.29, 1.82) is 5.26 Å². The van der Waals surface area contributed by atoms with Crippen molar-refractivity contribution in [1.82, 2.24) is 5.32 Å². The Morgan fingerprint density at radius 3 is 2.87 bits per heavy atom. The summed E-state index contributed by atoms with van der Waals surface area (Å²) in [7, 11) is 1.42. The van der Waals surface area contributed by atoms with Crippen LogP contribution in [0.2, 0.25) is 0 Å². The van der Waals surface area contributed by atoms with Crippen LogP contribution in [0.1, 0.15) is 43.0 Å². The molecule has 0 saturated heterocycles. The minimum Gasteiger partial charge on any atom is -0.497 e. The third-order valence-electron chi connectivity index (χ3n) is 4.21. The van der Waals surface area contributed by atoms with E-state index >= 15 is 0 Å². The predicted octanol–water partition coefficient (Wildman–Crippen LogP) is 2.81. The van der Waals surface area contributed by atoms with Crippen LogP contribution in [0.3, 0.4) is 0 Å². The van der Waals surface area contributed by atoms with Crippen LogP contribution in [0.15, 0.2) is 18.2 Å². The van der Waals surface area contributed by atoms with E-state index in [-0.39, 0.29) is 11.3 Å². The maximum absolute atomic E-state index is 12.6. The zero-order chi connectivity index (χ0) is 17.0. The number of methoxy groups -OCH3 is 1. The molecule has 0 aromatic heterocycles. The Hall–Kier alpha value is -2.62. The monoisotopic (exact) mass is 317 g/mol. The van der Waals surface area contributed by atoms with Crippen molar-refractivity contribution in [2.45, 2.75) is 38.1 Å². The van der Waals surface area contributed by atoms with Crippen molar-refractivity contribution in [3.8, 4) is 11.8 Å². The Morgan fingerprint density at radius 1 is 1.57 bits per heavy atom. The number of carbonyl (C=O) groups excluding carboxylic acids is 1. The topological polar surface area (TPSA) is 105 Å². The standard InChI is InChI=1S/C16H19N3O4/c1-11-4-3-7-16(9-11,10-17)18-15(20)13-8-12(23-2)5-6-14(13)19(21)22/h5-6,8,11H,3-4,7,9H2,1-2H3,(H,18,20)/t11-,16-/m0/s1. The van der Waals surface area contributed by atoms with E-state index < -0.39 is 16.4 Å². The third kappa shape index (κ3) is 3.59. The summed E-state index contributed by atoms with van der Waals surface area (Å²) in [6, 6.07) is 6.18. The van der Waals surface area contributed by atoms with Gasteiger partial charge in [0.1, 0.15) is 16.9 Å². The van der Waals surface area contributed by atoms with Gasteiger partial charge in [0.2, 0.25) is 0 Å². The van der Waals surface area contributed by atoms with Crippen LogP contribution in [0.4, 0.5) is 5.69 Å². The maximum Gasteiger partial charge on any atom is 0.282 e. The number of amides is 1. The van der Waals surface area contributed by atoms with Crippen molar-refractivity contribution in [3.05, 3.63) is 33.9 Å². The number of hydrogen-bond acceptors (Lipinski definition) is 5. The van der Waals surface area contributed by atoms with E-state index in [2.05, 4.69) is 11.4 Å². The summed E-state index contributed by atoms with van der Waals surface area (Å²) < 4.78 is 5.03. The maximum atomic E-state index is 12.6. The lowest BCUT2D eigenvalue weighted by Crippen LogP contribution is -2.50. The number of carbonyl (C=O) groups is 1. The van der Waals surface area contributed by atoms with E-state index in [9.17, 15) is 20.2 Å². The molecule has 0 bridgehead atoms. The SMILES string of the molecule is COc1ccc([N+](=O)[O-])c(C(=O)N[C@@]2(C#N)CCC[C@H](C)C2)c1. The number of nitro groups is 1. The molecule has 0 heterocycles. The normalized spacial score (nSPS) is 23.6. The van der Waals surface area contributed by atoms with Gasteiger partial charge in [-0.25, -0.2) is 0 Å². The molecule has 23 heavy (non-hydrogen) atoms. The highest BCUT2D eigenvalue weighted by Crippen LogP contribution is 2.33. The van der Waals surface area contributed by atoms with Gasteiger partial charge in [0.05, 0.1) is 18.1 Å². The first kappa shape index (κ1) is 16.7. The fourth-order valence-corrected chi connectivity index (χ4v) is 3.06. The highest BCUT2D eigenvalue weighted by molar-refractivity contribution is 5.99. The molecule has 0 aliphatic heterocycles. The molecule has 1 saturated carbocycles. The Morgan fingerprint density at radius 2 is 2.30 bits per heavy atom. The fourth-order valence-electron chi connectivity index (χ4n) is 3.06. The molecular formula is C16H19N3O4. The van der Waals surface area contributed by atoms with Gasteiger partial charge in [0.25, 0.3) is 11.6 Å². The van der Waals surface area contributed by atoms with Gasteiger partial charge in [0.15, 0.2) is 0 Å². The van der Waals surface area contributed by atoms with Gasteiger partial charge in [-0.2, -0.15) is 5.26 Å². The summed E-state index contributed by atoms with van der Waals surface area (Å²) >= 11 is 0. The van der Waals surface area contributed by atoms with E-state index in [0.29, 0.717) is 24.5 Å². The molecule has 2 rings (SSSR count). The van der Waals surface area contributed by atoms with Crippen molar-refractivity contribution >= 4 is 11.6 Å². The minimum atomic E-state index is -0.967. The van der Waals surface area contributed by atoms with Crippen molar-refractivity contribution in [2.75, 3.05) is 7.11 Å². The zero-order valence-corrected chi connectivity index (χ0v) is 13.2. The molecule has 1 N–H and O–H groups in total. The molecule has 7 heteroatoms. The summed E-state index contributed by atoms with van der Waals surface area (Å²) in [6.07, 6.45) is 2.96. The zero-order valence-electron chi connectivity index (χ0n) is 13.2. The number of benzene rings is 1. The average Bonchev–Trinajstić information content (AvgIpc) is 2.54. The summed E-state index contributed by atoms with van der Waals surface area (Å²) in [4.78, 5) is 23.1. The van der Waals surface area contributed by atoms with Gasteiger partial charge in [-0.15, -0.1) is 0 Å². The smallest absolute Gasteiger partial charge is 0.282 e. The first-order valence-corrected chi connectivity index (χ1v) is 7.47. The molecule has 1 aromatic rings. The van der Waals surface area contributed by atoms with Crippen LogP contribution in [0.5, 0.6) is 5.75 Å². The Labute approximate surface area is 134 Å². The molecular weight excluding hydrogens is 298 g/mol. The van der Waals surface area contributed by atoms with Crippen LogP contribution in [-0.4, -0.2) is 23.5 Å². The third-order valence-corrected chi connectivity index (χ3v) is 4.21. The lowest BCUT2D eigenvalue weighted by molar-refractivity contribution is -0.385. The molecule has 1 aromatic carbocycles. The van der Waals surface area contributed by atoms with Crippen LogP contribution in [0, 0.1) is 27.4 Å². The van der Waals surface area contributed by atoms with Gasteiger partial charge >= 0.3 is 0 Å². The Bertz CT molecular complexity index is 668. The van der Waals surface area contributed by atoms with E-state index in [1.807, 2.05) is 6.92 Å². The second-order valence-corrected chi connectivity index (χ2v) is 5.99. The average molecular weight is 317 g/mol. The molecule has 1 aliphatic rings. The Balaban J connectivity index is 2.33. The van der Waals surface area contributed by atoms with Gasteiger partial charge in [-0.1, -0.05) is 13.3 Å². The van der Waals surface area contributed by atoms with Gasteiger partial charge in [-0.3, -0.25) is 14.9 Å². The summed E-state index contributed by atoms with van der Waals surface area (Å²) in [5.41, 5.74) is -1.37. The van der Waals surface area contributed by atoms with Crippen LogP contribution in [-0.2, 0) is 0 Å². The largest absolute Gasteiger partial charge is 0.497 e. The molecule has 122 valence electrons. The van der Waals surface area contributed by atoms with Crippen LogP contribution < -0.4 is 10.1 Å². The van der Waals surface area contributed by atoms with Gasteiger partial charge in [-0.05, 0) is 37.3 Å². The molecule has 1 fully saturated rings. The quantitative estimate of drug-likeness (QED) is 0.679. The number of hydrogen-bond donors (Lipinski definition) is 1. The molecule has 1 amide bonds. The van der Waals surface area contributed by atoms with Crippen molar-refractivity contribution in [3.63, 3.8) is 0 Å². The summed E-state index contributed by atoms with van der Waals surface area (Å²) in [6.45, 7) is 2.03. The van der Waals surface area contributed by atoms with E-state index in [0.717, 1.165) is 12.8 Å². The lowest BCUT2D eigenvalue weighted by atomic mass is 9.77. The number of rotatable bonds is 4. The first-order chi connectivity index (χ1) is 10.9. The number of nitriles is 1. The van der Waals surface area contributed by atoms with Gasteiger partial charge < -0.3 is 10.1 Å². The van der Waals surface area contributed by atoms with Crippen LogP contribution >= 0.6 is 0 Å². The summed E-state index contributed by atoms with van der Waals surface area (Å²) in [5.74, 6) is 0.0546. The molecule has 7 nitrogen and oxygen atoms in total. The number of nitro benzene ring substituents is 1. The molecule has 2 atom stereocenters. The van der Waals surface area contributed by atoms with E-state index in [4.69, 9.17) is 4.74 Å². The van der Waals surface area contributed by atoms with E-state index in [1.165, 1.54) is 25.3 Å². The van der Waals surface area contributed by atoms with Crippen molar-refractivity contribution in [2.24, 2.45) is 5.92 Å². The second kappa shape index (κ2) is 6.65. The first-order valence-electron chi connectivity index (χ1n) is 7.47. The second-order valence-electron chi connectivity index (χ2n) is 5.99. The van der Waals surface area contributed by atoms with Crippen molar-refractivity contribution < 1.29 is 14.5 Å².